The molecule has 1 atom stereocenters. The van der Waals surface area contributed by atoms with Gasteiger partial charge in [0.2, 0.25) is 0 Å². The Morgan fingerprint density at radius 3 is 2.74 bits per heavy atom. The smallest absolute Gasteiger partial charge is 0.123 e. The molecule has 3 nitrogen and oxygen atoms in total. The van der Waals surface area contributed by atoms with E-state index >= 15 is 0 Å². The monoisotopic (exact) mass is 346 g/mol. The lowest BCUT2D eigenvalue weighted by atomic mass is 10.1. The number of rotatable bonds is 3. The minimum Gasteiger partial charge on any atom is -0.382 e. The van der Waals surface area contributed by atoms with Gasteiger partial charge < -0.3 is 5.11 Å². The lowest BCUT2D eigenvalue weighted by Gasteiger charge is -2.18. The van der Waals surface area contributed by atoms with Crippen LogP contribution in [0.4, 0.5) is 4.39 Å². The number of nitrogens with zero attached hydrogens (tertiary/aromatic N) is 2. The van der Waals surface area contributed by atoms with Crippen LogP contribution in [0.1, 0.15) is 37.3 Å². The summed E-state index contributed by atoms with van der Waals surface area (Å²) in [7, 11) is 0. The highest BCUT2D eigenvalue weighted by atomic mass is 79.9. The molecule has 19 heavy (non-hydrogen) atoms. The summed E-state index contributed by atoms with van der Waals surface area (Å²) in [6.45, 7) is 3.86. The van der Waals surface area contributed by atoms with E-state index in [1.165, 1.54) is 18.3 Å². The van der Waals surface area contributed by atoms with Crippen LogP contribution in [-0.2, 0) is 0 Å². The van der Waals surface area contributed by atoms with Crippen molar-refractivity contribution < 1.29 is 9.50 Å². The normalized spacial score (nSPS) is 13.0. The molecule has 0 fully saturated rings. The van der Waals surface area contributed by atoms with Gasteiger partial charge in [0, 0.05) is 16.1 Å². The molecule has 0 spiro atoms. The highest BCUT2D eigenvalue weighted by molar-refractivity contribution is 9.10. The third-order valence-corrected chi connectivity index (χ3v) is 3.80. The fraction of sp³-hybridized carbons (Fsp3) is 0.308. The molecule has 102 valence electrons. The molecule has 0 radical (unpaired) electrons. The van der Waals surface area contributed by atoms with E-state index in [1.807, 2.05) is 13.8 Å². The number of hydrogen-bond acceptors (Lipinski definition) is 2. The summed E-state index contributed by atoms with van der Waals surface area (Å²) >= 11 is 9.38. The second-order valence-corrected chi connectivity index (χ2v) is 5.75. The Labute approximate surface area is 124 Å². The predicted molar refractivity (Wildman–Crippen MR) is 75.8 cm³/mol. The molecule has 1 aromatic carbocycles. The molecule has 0 bridgehead atoms. The maximum atomic E-state index is 13.3. The Hall–Kier alpha value is -0.910. The Morgan fingerprint density at radius 2 is 2.11 bits per heavy atom. The van der Waals surface area contributed by atoms with Gasteiger partial charge in [0.05, 0.1) is 16.9 Å². The molecule has 0 aliphatic rings. The first-order chi connectivity index (χ1) is 8.91. The zero-order chi connectivity index (χ0) is 14.2. The molecule has 1 aromatic heterocycles. The average molecular weight is 348 g/mol. The first-order valence-electron chi connectivity index (χ1n) is 5.77. The Morgan fingerprint density at radius 1 is 1.42 bits per heavy atom. The van der Waals surface area contributed by atoms with Crippen molar-refractivity contribution in [1.29, 1.82) is 0 Å². The van der Waals surface area contributed by atoms with Crippen molar-refractivity contribution in [3.05, 3.63) is 51.0 Å². The summed E-state index contributed by atoms with van der Waals surface area (Å²) in [5.74, 6) is -0.413. The van der Waals surface area contributed by atoms with Crippen molar-refractivity contribution in [2.45, 2.75) is 26.0 Å². The Balaban J connectivity index is 2.52. The van der Waals surface area contributed by atoms with E-state index in [9.17, 15) is 9.50 Å². The molecule has 6 heteroatoms. The van der Waals surface area contributed by atoms with Gasteiger partial charge in [-0.3, -0.25) is 4.68 Å². The van der Waals surface area contributed by atoms with Crippen molar-refractivity contribution in [3.63, 3.8) is 0 Å². The summed E-state index contributed by atoms with van der Waals surface area (Å²) < 4.78 is 15.6. The molecule has 1 heterocycles. The third kappa shape index (κ3) is 2.83. The number of aromatic nitrogens is 2. The van der Waals surface area contributed by atoms with Crippen LogP contribution in [0.25, 0.3) is 0 Å². The van der Waals surface area contributed by atoms with Gasteiger partial charge in [-0.05, 0) is 32.0 Å². The molecule has 1 unspecified atom stereocenters. The van der Waals surface area contributed by atoms with Crippen molar-refractivity contribution in [3.8, 4) is 0 Å². The number of halogens is 3. The molecule has 1 N–H and O–H groups in total. The van der Waals surface area contributed by atoms with E-state index in [2.05, 4.69) is 21.0 Å². The second kappa shape index (κ2) is 5.61. The van der Waals surface area contributed by atoms with Gasteiger partial charge in [-0.25, -0.2) is 4.39 Å². The topological polar surface area (TPSA) is 38.0 Å². The molecular weight excluding hydrogens is 335 g/mol. The fourth-order valence-electron chi connectivity index (χ4n) is 1.89. The van der Waals surface area contributed by atoms with Crippen molar-refractivity contribution in [1.82, 2.24) is 9.78 Å². The molecule has 0 aliphatic heterocycles. The second-order valence-electron chi connectivity index (χ2n) is 4.48. The number of aliphatic hydroxyl groups excluding tert-OH is 1. The molecule has 0 saturated carbocycles. The zero-order valence-corrected chi connectivity index (χ0v) is 12.8. The lowest BCUT2D eigenvalue weighted by molar-refractivity contribution is 0.204. The van der Waals surface area contributed by atoms with Crippen LogP contribution in [0.5, 0.6) is 0 Å². The molecule has 2 rings (SSSR count). The quantitative estimate of drug-likeness (QED) is 0.907. The van der Waals surface area contributed by atoms with Gasteiger partial charge in [0.25, 0.3) is 0 Å². The van der Waals surface area contributed by atoms with E-state index in [0.29, 0.717) is 20.8 Å². The van der Waals surface area contributed by atoms with E-state index < -0.39 is 11.9 Å². The van der Waals surface area contributed by atoms with Gasteiger partial charge >= 0.3 is 0 Å². The minimum atomic E-state index is -1.04. The first kappa shape index (κ1) is 14.5. The van der Waals surface area contributed by atoms with Crippen LogP contribution in [0.2, 0.25) is 5.02 Å². The standard InChI is InChI=1S/C13H13BrClFN2O/c1-7(2)18-12(11(15)6-17-18)13(19)9-5-8(16)3-4-10(9)14/h3-7,13,19H,1-2H3. The maximum Gasteiger partial charge on any atom is 0.123 e. The minimum absolute atomic E-state index is 0.0458. The zero-order valence-electron chi connectivity index (χ0n) is 10.4. The Kier molecular flexibility index (Phi) is 4.28. The summed E-state index contributed by atoms with van der Waals surface area (Å²) in [6.07, 6.45) is 0.440. The van der Waals surface area contributed by atoms with E-state index in [0.717, 1.165) is 0 Å². The van der Waals surface area contributed by atoms with Gasteiger partial charge in [-0.15, -0.1) is 0 Å². The summed E-state index contributed by atoms with van der Waals surface area (Å²) in [5.41, 5.74) is 0.882. The van der Waals surface area contributed by atoms with Crippen LogP contribution in [0.15, 0.2) is 28.9 Å². The SMILES string of the molecule is CC(C)n1ncc(Cl)c1C(O)c1cc(F)ccc1Br. The van der Waals surface area contributed by atoms with Crippen molar-refractivity contribution in [2.75, 3.05) is 0 Å². The highest BCUT2D eigenvalue weighted by Gasteiger charge is 2.23. The first-order valence-corrected chi connectivity index (χ1v) is 6.94. The lowest BCUT2D eigenvalue weighted by Crippen LogP contribution is -2.13. The number of aliphatic hydroxyl groups is 1. The van der Waals surface area contributed by atoms with Gasteiger partial charge in [-0.1, -0.05) is 27.5 Å². The average Bonchev–Trinajstić information content (AvgIpc) is 2.73. The van der Waals surface area contributed by atoms with Crippen LogP contribution >= 0.6 is 27.5 Å². The van der Waals surface area contributed by atoms with Gasteiger partial charge in [0.15, 0.2) is 0 Å². The van der Waals surface area contributed by atoms with Gasteiger partial charge in [0.1, 0.15) is 11.9 Å². The largest absolute Gasteiger partial charge is 0.382 e. The van der Waals surface area contributed by atoms with Crippen LogP contribution in [0.3, 0.4) is 0 Å². The Bertz CT molecular complexity index is 600. The molecular formula is C13H13BrClFN2O. The summed E-state index contributed by atoms with van der Waals surface area (Å²) in [4.78, 5) is 0. The molecule has 0 saturated heterocycles. The summed E-state index contributed by atoms with van der Waals surface area (Å²) in [5, 5.41) is 14.9. The molecule has 0 aliphatic carbocycles. The molecule has 0 amide bonds. The number of hydrogen-bond donors (Lipinski definition) is 1. The van der Waals surface area contributed by atoms with E-state index in [1.54, 1.807) is 10.7 Å². The third-order valence-electron chi connectivity index (χ3n) is 2.79. The highest BCUT2D eigenvalue weighted by Crippen LogP contribution is 2.33. The summed E-state index contributed by atoms with van der Waals surface area (Å²) in [6, 6.07) is 4.20. The molecule has 2 aromatic rings. The van der Waals surface area contributed by atoms with Crippen molar-refractivity contribution in [2.24, 2.45) is 0 Å². The van der Waals surface area contributed by atoms with Crippen LogP contribution < -0.4 is 0 Å². The van der Waals surface area contributed by atoms with Crippen LogP contribution in [0, 0.1) is 5.82 Å². The number of benzene rings is 1. The van der Waals surface area contributed by atoms with E-state index in [-0.39, 0.29) is 6.04 Å². The van der Waals surface area contributed by atoms with Gasteiger partial charge in [-0.2, -0.15) is 5.10 Å². The maximum absolute atomic E-state index is 13.3. The van der Waals surface area contributed by atoms with Crippen LogP contribution in [-0.4, -0.2) is 14.9 Å². The van der Waals surface area contributed by atoms with E-state index in [4.69, 9.17) is 11.6 Å². The predicted octanol–water partition coefficient (Wildman–Crippen LogP) is 4.10. The van der Waals surface area contributed by atoms with Crippen molar-refractivity contribution >= 4 is 27.5 Å². The fourth-order valence-corrected chi connectivity index (χ4v) is 2.59.